The number of halogens is 1. The number of benzene rings is 2. The van der Waals surface area contributed by atoms with Crippen molar-refractivity contribution in [2.75, 3.05) is 13.7 Å². The molecule has 5 nitrogen and oxygen atoms in total. The summed E-state index contributed by atoms with van der Waals surface area (Å²) in [5, 5.41) is 0.624. The number of guanidine groups is 1. The zero-order valence-corrected chi connectivity index (χ0v) is 15.4. The van der Waals surface area contributed by atoms with E-state index < -0.39 is 12.0 Å². The van der Waals surface area contributed by atoms with Crippen LogP contribution in [0.3, 0.4) is 0 Å². The lowest BCUT2D eigenvalue weighted by atomic mass is 9.92. The third-order valence-electron chi connectivity index (χ3n) is 4.23. The van der Waals surface area contributed by atoms with Crippen molar-refractivity contribution in [2.45, 2.75) is 13.0 Å². The van der Waals surface area contributed by atoms with E-state index in [9.17, 15) is 4.79 Å². The first-order valence-electron chi connectivity index (χ1n) is 8.32. The third-order valence-corrected chi connectivity index (χ3v) is 4.48. The Morgan fingerprint density at radius 1 is 1.19 bits per heavy atom. The van der Waals surface area contributed by atoms with Crippen LogP contribution in [0.2, 0.25) is 5.02 Å². The Hall–Kier alpha value is -2.79. The average molecular weight is 370 g/mol. The second-order valence-corrected chi connectivity index (χ2v) is 6.32. The Morgan fingerprint density at radius 2 is 1.85 bits per heavy atom. The molecule has 1 unspecified atom stereocenters. The predicted octanol–water partition coefficient (Wildman–Crippen LogP) is 3.62. The summed E-state index contributed by atoms with van der Waals surface area (Å²) in [6, 6.07) is 16.4. The van der Waals surface area contributed by atoms with Crippen molar-refractivity contribution in [3.63, 3.8) is 0 Å². The Morgan fingerprint density at radius 3 is 2.46 bits per heavy atom. The number of hydrogen-bond donors (Lipinski definition) is 1. The predicted molar refractivity (Wildman–Crippen MR) is 104 cm³/mol. The van der Waals surface area contributed by atoms with Gasteiger partial charge in [-0.3, -0.25) is 0 Å². The average Bonchev–Trinajstić information content (AvgIpc) is 2.65. The van der Waals surface area contributed by atoms with Gasteiger partial charge in [0.05, 0.1) is 23.9 Å². The maximum Gasteiger partial charge on any atom is 0.338 e. The van der Waals surface area contributed by atoms with Gasteiger partial charge in [0.1, 0.15) is 0 Å². The third kappa shape index (κ3) is 3.44. The monoisotopic (exact) mass is 369 g/mol. The molecule has 0 saturated carbocycles. The number of nitrogens with zero attached hydrogens (tertiary/aromatic N) is 2. The first kappa shape index (κ1) is 18.0. The Bertz CT molecular complexity index is 860. The fraction of sp³-hybridized carbons (Fsp3) is 0.200. The van der Waals surface area contributed by atoms with E-state index in [0.717, 1.165) is 11.1 Å². The van der Waals surface area contributed by atoms with Crippen LogP contribution >= 0.6 is 11.6 Å². The summed E-state index contributed by atoms with van der Waals surface area (Å²) in [4.78, 5) is 19.1. The summed E-state index contributed by atoms with van der Waals surface area (Å²) < 4.78 is 5.33. The van der Waals surface area contributed by atoms with E-state index in [1.165, 1.54) is 0 Å². The first-order chi connectivity index (χ1) is 12.5. The van der Waals surface area contributed by atoms with E-state index in [0.29, 0.717) is 22.3 Å². The van der Waals surface area contributed by atoms with E-state index in [2.05, 4.69) is 4.99 Å². The van der Waals surface area contributed by atoms with Crippen LogP contribution < -0.4 is 5.73 Å². The molecule has 6 heteroatoms. The standard InChI is InChI=1S/C20H20ClN3O2/c1-3-26-19(25)16-17(13-7-5-4-6-8-13)23-20(22)24(2)18(16)14-9-11-15(21)12-10-14/h4-12,18H,3H2,1-2H3,(H2,22,23). The number of carbonyl (C=O) groups excluding carboxylic acids is 1. The van der Waals surface area contributed by atoms with Crippen molar-refractivity contribution in [1.82, 2.24) is 4.90 Å². The lowest BCUT2D eigenvalue weighted by molar-refractivity contribution is -0.139. The maximum absolute atomic E-state index is 12.8. The fourth-order valence-corrected chi connectivity index (χ4v) is 3.10. The minimum Gasteiger partial charge on any atom is -0.463 e. The highest BCUT2D eigenvalue weighted by molar-refractivity contribution is 6.30. The molecular formula is C20H20ClN3O2. The second-order valence-electron chi connectivity index (χ2n) is 5.88. The number of esters is 1. The summed E-state index contributed by atoms with van der Waals surface area (Å²) in [6.45, 7) is 2.06. The Balaban J connectivity index is 2.23. The molecule has 2 aromatic rings. The molecule has 0 amide bonds. The molecule has 1 atom stereocenters. The summed E-state index contributed by atoms with van der Waals surface area (Å²) in [6.07, 6.45) is 0. The van der Waals surface area contributed by atoms with Crippen LogP contribution in [0.15, 0.2) is 65.2 Å². The SMILES string of the molecule is CCOC(=O)C1=C(c2ccccc2)N=C(N)N(C)C1c1ccc(Cl)cc1. The molecule has 0 radical (unpaired) electrons. The zero-order valence-electron chi connectivity index (χ0n) is 14.6. The molecule has 1 heterocycles. The van der Waals surface area contributed by atoms with Crippen LogP contribution in [0.25, 0.3) is 5.70 Å². The Kier molecular flexibility index (Phi) is 5.28. The van der Waals surface area contributed by atoms with Crippen molar-refractivity contribution < 1.29 is 9.53 Å². The maximum atomic E-state index is 12.8. The normalized spacial score (nSPS) is 17.1. The van der Waals surface area contributed by atoms with E-state index >= 15 is 0 Å². The van der Waals surface area contributed by atoms with Crippen LogP contribution in [0.1, 0.15) is 24.1 Å². The molecule has 3 rings (SSSR count). The largest absolute Gasteiger partial charge is 0.463 e. The van der Waals surface area contributed by atoms with Gasteiger partial charge in [-0.2, -0.15) is 0 Å². The summed E-state index contributed by atoms with van der Waals surface area (Å²) >= 11 is 6.02. The van der Waals surface area contributed by atoms with Crippen LogP contribution in [0.5, 0.6) is 0 Å². The van der Waals surface area contributed by atoms with E-state index in [4.69, 9.17) is 22.1 Å². The van der Waals surface area contributed by atoms with Gasteiger partial charge < -0.3 is 15.4 Å². The van der Waals surface area contributed by atoms with Crippen molar-refractivity contribution in [3.8, 4) is 0 Å². The van der Waals surface area contributed by atoms with Crippen LogP contribution in [-0.4, -0.2) is 30.5 Å². The van der Waals surface area contributed by atoms with Gasteiger partial charge in [-0.15, -0.1) is 0 Å². The minimum atomic E-state index is -0.418. The molecule has 0 bridgehead atoms. The number of hydrogen-bond acceptors (Lipinski definition) is 5. The molecule has 134 valence electrons. The summed E-state index contributed by atoms with van der Waals surface area (Å²) in [7, 11) is 1.80. The molecule has 2 aromatic carbocycles. The van der Waals surface area contributed by atoms with Gasteiger partial charge in [0.15, 0.2) is 5.96 Å². The molecule has 2 N–H and O–H groups in total. The topological polar surface area (TPSA) is 67.9 Å². The van der Waals surface area contributed by atoms with E-state index in [-0.39, 0.29) is 6.61 Å². The molecule has 26 heavy (non-hydrogen) atoms. The number of ether oxygens (including phenoxy) is 1. The van der Waals surface area contributed by atoms with Crippen molar-refractivity contribution >= 4 is 29.2 Å². The fourth-order valence-electron chi connectivity index (χ4n) is 2.98. The number of carbonyl (C=O) groups is 1. The highest BCUT2D eigenvalue weighted by atomic mass is 35.5. The van der Waals surface area contributed by atoms with Gasteiger partial charge in [-0.1, -0.05) is 54.1 Å². The summed E-state index contributed by atoms with van der Waals surface area (Å²) in [5.41, 5.74) is 8.84. The van der Waals surface area contributed by atoms with E-state index in [1.807, 2.05) is 42.5 Å². The number of likely N-dealkylation sites (N-methyl/N-ethyl adjacent to an activating group) is 1. The molecule has 0 aliphatic carbocycles. The van der Waals surface area contributed by atoms with Crippen LogP contribution in [0, 0.1) is 0 Å². The smallest absolute Gasteiger partial charge is 0.338 e. The van der Waals surface area contributed by atoms with Crippen molar-refractivity contribution in [2.24, 2.45) is 10.7 Å². The minimum absolute atomic E-state index is 0.278. The Labute approximate surface area is 157 Å². The van der Waals surface area contributed by atoms with Gasteiger partial charge in [0, 0.05) is 17.6 Å². The second kappa shape index (κ2) is 7.62. The van der Waals surface area contributed by atoms with E-state index in [1.54, 1.807) is 31.0 Å². The number of rotatable bonds is 4. The molecule has 1 aliphatic heterocycles. The van der Waals surface area contributed by atoms with Gasteiger partial charge >= 0.3 is 5.97 Å². The lowest BCUT2D eigenvalue weighted by Gasteiger charge is -2.35. The first-order valence-corrected chi connectivity index (χ1v) is 8.70. The molecule has 0 fully saturated rings. The number of aliphatic imine (C=N–C) groups is 1. The molecule has 0 saturated heterocycles. The van der Waals surface area contributed by atoms with Gasteiger partial charge in [0.2, 0.25) is 0 Å². The molecule has 1 aliphatic rings. The van der Waals surface area contributed by atoms with Crippen LogP contribution in [0.4, 0.5) is 0 Å². The van der Waals surface area contributed by atoms with Crippen molar-refractivity contribution in [3.05, 3.63) is 76.3 Å². The van der Waals surface area contributed by atoms with Gasteiger partial charge in [-0.25, -0.2) is 9.79 Å². The molecule has 0 aromatic heterocycles. The van der Waals surface area contributed by atoms with Crippen LogP contribution in [-0.2, 0) is 9.53 Å². The van der Waals surface area contributed by atoms with Gasteiger partial charge in [-0.05, 0) is 24.6 Å². The van der Waals surface area contributed by atoms with Gasteiger partial charge in [0.25, 0.3) is 0 Å². The highest BCUT2D eigenvalue weighted by Crippen LogP contribution is 2.38. The summed E-state index contributed by atoms with van der Waals surface area (Å²) in [5.74, 6) is -0.0775. The zero-order chi connectivity index (χ0) is 18.7. The quantitative estimate of drug-likeness (QED) is 0.836. The van der Waals surface area contributed by atoms with Crippen molar-refractivity contribution in [1.29, 1.82) is 0 Å². The molecular weight excluding hydrogens is 350 g/mol. The molecule has 0 spiro atoms. The number of nitrogens with two attached hydrogens (primary N) is 1. The highest BCUT2D eigenvalue weighted by Gasteiger charge is 2.35. The lowest BCUT2D eigenvalue weighted by Crippen LogP contribution is -2.42.